The summed E-state index contributed by atoms with van der Waals surface area (Å²) >= 11 is 0. The van der Waals surface area contributed by atoms with Crippen LogP contribution in [0.5, 0.6) is 11.5 Å². The molecule has 32 heavy (non-hydrogen) atoms. The minimum atomic E-state index is -0.892. The molecule has 1 aromatic heterocycles. The number of aromatic nitrogens is 1. The van der Waals surface area contributed by atoms with Gasteiger partial charge >= 0.3 is 5.91 Å². The quantitative estimate of drug-likeness (QED) is 0.355. The van der Waals surface area contributed by atoms with Gasteiger partial charge in [-0.3, -0.25) is 14.5 Å². The zero-order valence-electron chi connectivity index (χ0n) is 17.9. The lowest BCUT2D eigenvalue weighted by atomic mass is 9.95. The Morgan fingerprint density at radius 1 is 1.09 bits per heavy atom. The van der Waals surface area contributed by atoms with Gasteiger partial charge in [0.05, 0.1) is 25.3 Å². The number of hydrogen-bond acceptors (Lipinski definition) is 7. The Balaban J connectivity index is 1.86. The number of anilines is 1. The van der Waals surface area contributed by atoms with Crippen LogP contribution in [0.3, 0.4) is 0 Å². The van der Waals surface area contributed by atoms with Crippen molar-refractivity contribution in [1.29, 1.82) is 0 Å². The molecular formula is C24H22N2O6. The molecular weight excluding hydrogens is 412 g/mol. The molecule has 8 nitrogen and oxygen atoms in total. The van der Waals surface area contributed by atoms with Gasteiger partial charge in [0, 0.05) is 11.6 Å². The number of methoxy groups -OCH3 is 1. The minimum Gasteiger partial charge on any atom is -0.507 e. The number of carbonyl (C=O) groups is 2. The Bertz CT molecular complexity index is 1180. The molecule has 164 valence electrons. The summed E-state index contributed by atoms with van der Waals surface area (Å²) in [7, 11) is 1.55. The molecule has 2 aromatic carbocycles. The lowest BCUT2D eigenvalue weighted by molar-refractivity contribution is -0.132. The van der Waals surface area contributed by atoms with Crippen LogP contribution in [0.25, 0.3) is 5.76 Å². The van der Waals surface area contributed by atoms with Crippen LogP contribution < -0.4 is 14.4 Å². The average molecular weight is 434 g/mol. The van der Waals surface area contributed by atoms with Gasteiger partial charge in [0.15, 0.2) is 5.82 Å². The first-order chi connectivity index (χ1) is 15.4. The Morgan fingerprint density at radius 3 is 2.31 bits per heavy atom. The third-order valence-corrected chi connectivity index (χ3v) is 5.18. The molecule has 1 aliphatic rings. The number of ketones is 1. The molecule has 1 fully saturated rings. The summed E-state index contributed by atoms with van der Waals surface area (Å²) in [4.78, 5) is 27.3. The van der Waals surface area contributed by atoms with E-state index in [1.54, 1.807) is 68.6 Å². The van der Waals surface area contributed by atoms with E-state index < -0.39 is 17.7 Å². The number of aliphatic hydroxyl groups excluding tert-OH is 1. The standard InChI is InChI=1S/C24H22N2O6/c1-4-31-18-11-7-16(8-12-18)22(27)20-21(15-5-9-17(30-3)10-6-15)26(24(29)23(20)28)19-13-14(2)32-25-19/h5-13,21,27H,4H2,1-3H3/b22-20+/t21-/m0/s1. The van der Waals surface area contributed by atoms with E-state index in [-0.39, 0.29) is 17.2 Å². The minimum absolute atomic E-state index is 0.0371. The number of hydrogen-bond donors (Lipinski definition) is 1. The second-order valence-corrected chi connectivity index (χ2v) is 7.20. The van der Waals surface area contributed by atoms with E-state index in [2.05, 4.69) is 5.16 Å². The molecule has 0 spiro atoms. The van der Waals surface area contributed by atoms with Crippen molar-refractivity contribution in [2.24, 2.45) is 0 Å². The lowest BCUT2D eigenvalue weighted by Gasteiger charge is -2.23. The van der Waals surface area contributed by atoms with Crippen LogP contribution in [0.4, 0.5) is 5.82 Å². The summed E-state index contributed by atoms with van der Waals surface area (Å²) in [6.45, 7) is 4.07. The highest BCUT2D eigenvalue weighted by molar-refractivity contribution is 6.51. The Morgan fingerprint density at radius 2 is 1.75 bits per heavy atom. The van der Waals surface area contributed by atoms with Crippen molar-refractivity contribution in [2.75, 3.05) is 18.6 Å². The van der Waals surface area contributed by atoms with E-state index in [1.807, 2.05) is 6.92 Å². The van der Waals surface area contributed by atoms with Gasteiger partial charge in [-0.2, -0.15) is 0 Å². The van der Waals surface area contributed by atoms with Crippen molar-refractivity contribution >= 4 is 23.3 Å². The maximum Gasteiger partial charge on any atom is 0.301 e. The van der Waals surface area contributed by atoms with Crippen molar-refractivity contribution in [1.82, 2.24) is 5.16 Å². The van der Waals surface area contributed by atoms with Gasteiger partial charge in [0.2, 0.25) is 0 Å². The molecule has 1 atom stereocenters. The number of rotatable bonds is 6. The molecule has 1 amide bonds. The Kier molecular flexibility index (Phi) is 5.68. The molecule has 0 unspecified atom stereocenters. The zero-order chi connectivity index (χ0) is 22.8. The highest BCUT2D eigenvalue weighted by Crippen LogP contribution is 2.42. The number of benzene rings is 2. The average Bonchev–Trinajstić information content (AvgIpc) is 3.34. The molecule has 8 heteroatoms. The lowest BCUT2D eigenvalue weighted by Crippen LogP contribution is -2.29. The number of carbonyl (C=O) groups excluding carboxylic acids is 2. The molecule has 1 N–H and O–H groups in total. The first kappa shape index (κ1) is 21.2. The molecule has 0 saturated carbocycles. The highest BCUT2D eigenvalue weighted by Gasteiger charge is 2.48. The first-order valence-electron chi connectivity index (χ1n) is 10.1. The van der Waals surface area contributed by atoms with Crippen LogP contribution in [-0.2, 0) is 9.59 Å². The van der Waals surface area contributed by atoms with Gasteiger partial charge in [-0.25, -0.2) is 0 Å². The molecule has 3 aromatic rings. The highest BCUT2D eigenvalue weighted by atomic mass is 16.5. The van der Waals surface area contributed by atoms with Crippen LogP contribution in [-0.4, -0.2) is 35.7 Å². The van der Waals surface area contributed by atoms with Crippen molar-refractivity contribution in [3.05, 3.63) is 77.1 Å². The fourth-order valence-electron chi connectivity index (χ4n) is 3.67. The monoisotopic (exact) mass is 434 g/mol. The number of nitrogens with zero attached hydrogens (tertiary/aromatic N) is 2. The van der Waals surface area contributed by atoms with E-state index in [9.17, 15) is 14.7 Å². The fourth-order valence-corrected chi connectivity index (χ4v) is 3.67. The predicted octanol–water partition coefficient (Wildman–Crippen LogP) is 4.02. The number of aliphatic hydroxyl groups is 1. The summed E-state index contributed by atoms with van der Waals surface area (Å²) in [6.07, 6.45) is 0. The van der Waals surface area contributed by atoms with E-state index in [1.165, 1.54) is 4.90 Å². The van der Waals surface area contributed by atoms with Crippen LogP contribution in [0.1, 0.15) is 29.9 Å². The van der Waals surface area contributed by atoms with E-state index in [0.29, 0.717) is 35.0 Å². The van der Waals surface area contributed by atoms with E-state index in [0.717, 1.165) is 0 Å². The summed E-state index contributed by atoms with van der Waals surface area (Å²) in [6, 6.07) is 14.3. The SMILES string of the molecule is CCOc1ccc(/C(O)=C2\C(=O)C(=O)N(c3cc(C)on3)[C@H]2c2ccc(OC)cc2)cc1. The Labute approximate surface area is 184 Å². The topological polar surface area (TPSA) is 102 Å². The number of aryl methyl sites for hydroxylation is 1. The first-order valence-corrected chi connectivity index (χ1v) is 10.1. The smallest absolute Gasteiger partial charge is 0.301 e. The second-order valence-electron chi connectivity index (χ2n) is 7.20. The number of Topliss-reactive ketones (excluding diaryl/α,β-unsaturated/α-hetero) is 1. The fraction of sp³-hybridized carbons (Fsp3) is 0.208. The normalized spacial score (nSPS) is 17.6. The number of ether oxygens (including phenoxy) is 2. The molecule has 0 bridgehead atoms. The molecule has 1 aliphatic heterocycles. The maximum absolute atomic E-state index is 13.1. The van der Waals surface area contributed by atoms with Crippen molar-refractivity contribution in [3.63, 3.8) is 0 Å². The molecule has 4 rings (SSSR count). The second kappa shape index (κ2) is 8.58. The van der Waals surface area contributed by atoms with Crippen molar-refractivity contribution < 1.29 is 28.7 Å². The summed E-state index contributed by atoms with van der Waals surface area (Å²) < 4.78 is 15.8. The van der Waals surface area contributed by atoms with Gasteiger partial charge in [-0.05, 0) is 55.8 Å². The van der Waals surface area contributed by atoms with E-state index in [4.69, 9.17) is 14.0 Å². The van der Waals surface area contributed by atoms with Crippen LogP contribution in [0.2, 0.25) is 0 Å². The molecule has 2 heterocycles. The summed E-state index contributed by atoms with van der Waals surface area (Å²) in [5.74, 6) is 0.0428. The maximum atomic E-state index is 13.1. The zero-order valence-corrected chi connectivity index (χ0v) is 17.9. The van der Waals surface area contributed by atoms with Crippen LogP contribution in [0.15, 0.2) is 64.7 Å². The largest absolute Gasteiger partial charge is 0.507 e. The van der Waals surface area contributed by atoms with Gasteiger partial charge in [-0.15, -0.1) is 0 Å². The molecule has 0 radical (unpaired) electrons. The van der Waals surface area contributed by atoms with Gasteiger partial charge in [0.1, 0.15) is 23.0 Å². The summed E-state index contributed by atoms with van der Waals surface area (Å²) in [5.41, 5.74) is 0.962. The van der Waals surface area contributed by atoms with Crippen molar-refractivity contribution in [3.8, 4) is 11.5 Å². The number of amides is 1. The molecule has 0 aliphatic carbocycles. The van der Waals surface area contributed by atoms with Crippen LogP contribution in [0, 0.1) is 6.92 Å². The van der Waals surface area contributed by atoms with Gasteiger partial charge in [0.25, 0.3) is 5.78 Å². The van der Waals surface area contributed by atoms with Gasteiger partial charge in [-0.1, -0.05) is 17.3 Å². The van der Waals surface area contributed by atoms with Crippen molar-refractivity contribution in [2.45, 2.75) is 19.9 Å². The third kappa shape index (κ3) is 3.71. The predicted molar refractivity (Wildman–Crippen MR) is 117 cm³/mol. The van der Waals surface area contributed by atoms with Gasteiger partial charge < -0.3 is 19.1 Å². The van der Waals surface area contributed by atoms with E-state index >= 15 is 0 Å². The molecule has 1 saturated heterocycles. The third-order valence-electron chi connectivity index (χ3n) is 5.18. The Hall–Kier alpha value is -4.07. The van der Waals surface area contributed by atoms with Crippen LogP contribution >= 0.6 is 0 Å². The summed E-state index contributed by atoms with van der Waals surface area (Å²) in [5, 5.41) is 15.0.